The van der Waals surface area contributed by atoms with Crippen LogP contribution in [0.3, 0.4) is 0 Å². The molecule has 138 valence electrons. The largest absolute Gasteiger partial charge is 0.466 e. The minimum atomic E-state index is 0.0122. The standard InChI is InChI=1S/C21H42O2/c1-3-5-7-9-11-12-14-16-18-20-23-21(22)19-17-15-13-10-8-6-4-2/h3-20H2,1-2H3. The molecule has 2 heteroatoms. The van der Waals surface area contributed by atoms with Crippen LogP contribution in [0.4, 0.5) is 0 Å². The fourth-order valence-corrected chi connectivity index (χ4v) is 2.90. The SMILES string of the molecule is CCCCCCCCCCCOC(=O)CCCCCCCCC. The highest BCUT2D eigenvalue weighted by atomic mass is 16.5. The smallest absolute Gasteiger partial charge is 0.305 e. The molecule has 0 unspecified atom stereocenters. The van der Waals surface area contributed by atoms with Gasteiger partial charge in [0.15, 0.2) is 0 Å². The predicted molar refractivity (Wildman–Crippen MR) is 101 cm³/mol. The third-order valence-electron chi connectivity index (χ3n) is 4.50. The Balaban J connectivity index is 3.13. The highest BCUT2D eigenvalue weighted by Crippen LogP contribution is 2.11. The quantitative estimate of drug-likeness (QED) is 0.196. The number of hydrogen-bond donors (Lipinski definition) is 0. The van der Waals surface area contributed by atoms with Crippen molar-refractivity contribution >= 4 is 5.97 Å². The van der Waals surface area contributed by atoms with Crippen molar-refractivity contribution in [3.05, 3.63) is 0 Å². The summed E-state index contributed by atoms with van der Waals surface area (Å²) in [7, 11) is 0. The van der Waals surface area contributed by atoms with Crippen molar-refractivity contribution in [2.75, 3.05) is 6.61 Å². The summed E-state index contributed by atoms with van der Waals surface area (Å²) < 4.78 is 5.31. The Morgan fingerprint density at radius 2 is 0.957 bits per heavy atom. The lowest BCUT2D eigenvalue weighted by molar-refractivity contribution is -0.143. The van der Waals surface area contributed by atoms with Gasteiger partial charge in [0.2, 0.25) is 0 Å². The molecular weight excluding hydrogens is 284 g/mol. The average Bonchev–Trinajstić information content (AvgIpc) is 2.55. The van der Waals surface area contributed by atoms with E-state index in [0.29, 0.717) is 13.0 Å². The van der Waals surface area contributed by atoms with Crippen LogP contribution in [0.2, 0.25) is 0 Å². The maximum atomic E-state index is 11.6. The first-order valence-corrected chi connectivity index (χ1v) is 10.5. The second kappa shape index (κ2) is 19.5. The summed E-state index contributed by atoms with van der Waals surface area (Å²) in [6.45, 7) is 5.13. The van der Waals surface area contributed by atoms with Crippen LogP contribution in [0.15, 0.2) is 0 Å². The minimum absolute atomic E-state index is 0.0122. The number of rotatable bonds is 18. The summed E-state index contributed by atoms with van der Waals surface area (Å²) in [5, 5.41) is 0. The number of unbranched alkanes of at least 4 members (excludes halogenated alkanes) is 14. The third-order valence-corrected chi connectivity index (χ3v) is 4.50. The van der Waals surface area contributed by atoms with Crippen molar-refractivity contribution in [2.45, 2.75) is 123 Å². The number of esters is 1. The van der Waals surface area contributed by atoms with Crippen molar-refractivity contribution in [1.29, 1.82) is 0 Å². The van der Waals surface area contributed by atoms with Gasteiger partial charge in [-0.3, -0.25) is 4.79 Å². The molecule has 23 heavy (non-hydrogen) atoms. The van der Waals surface area contributed by atoms with Gasteiger partial charge in [-0.2, -0.15) is 0 Å². The molecule has 0 aromatic heterocycles. The number of hydrogen-bond acceptors (Lipinski definition) is 2. The highest BCUT2D eigenvalue weighted by Gasteiger charge is 2.02. The van der Waals surface area contributed by atoms with Gasteiger partial charge in [0.05, 0.1) is 6.61 Å². The van der Waals surface area contributed by atoms with Gasteiger partial charge in [-0.15, -0.1) is 0 Å². The summed E-state index contributed by atoms with van der Waals surface area (Å²) in [4.78, 5) is 11.6. The molecule has 0 heterocycles. The maximum Gasteiger partial charge on any atom is 0.305 e. The van der Waals surface area contributed by atoms with Crippen LogP contribution in [0.1, 0.15) is 123 Å². The van der Waals surface area contributed by atoms with E-state index in [1.807, 2.05) is 0 Å². The van der Waals surface area contributed by atoms with Crippen molar-refractivity contribution < 1.29 is 9.53 Å². The minimum Gasteiger partial charge on any atom is -0.466 e. The van der Waals surface area contributed by atoms with Crippen molar-refractivity contribution in [2.24, 2.45) is 0 Å². The molecule has 0 atom stereocenters. The zero-order valence-corrected chi connectivity index (χ0v) is 16.0. The van der Waals surface area contributed by atoms with Crippen LogP contribution in [-0.4, -0.2) is 12.6 Å². The van der Waals surface area contributed by atoms with Gasteiger partial charge in [0.1, 0.15) is 0 Å². The van der Waals surface area contributed by atoms with Crippen LogP contribution >= 0.6 is 0 Å². The predicted octanol–water partition coefficient (Wildman–Crippen LogP) is 7.20. The van der Waals surface area contributed by atoms with Crippen LogP contribution in [0.25, 0.3) is 0 Å². The molecule has 0 aliphatic heterocycles. The lowest BCUT2D eigenvalue weighted by Gasteiger charge is -2.05. The van der Waals surface area contributed by atoms with Crippen LogP contribution in [-0.2, 0) is 9.53 Å². The molecular formula is C21H42O2. The third kappa shape index (κ3) is 19.4. The molecule has 0 spiro atoms. The molecule has 0 bridgehead atoms. The van der Waals surface area contributed by atoms with Crippen LogP contribution in [0, 0.1) is 0 Å². The monoisotopic (exact) mass is 326 g/mol. The Labute approximate surface area is 145 Å². The average molecular weight is 327 g/mol. The lowest BCUT2D eigenvalue weighted by atomic mass is 10.1. The van der Waals surface area contributed by atoms with Gasteiger partial charge >= 0.3 is 5.97 Å². The number of ether oxygens (including phenoxy) is 1. The molecule has 0 saturated heterocycles. The second-order valence-corrected chi connectivity index (χ2v) is 6.92. The van der Waals surface area contributed by atoms with Gasteiger partial charge in [-0.25, -0.2) is 0 Å². The fourth-order valence-electron chi connectivity index (χ4n) is 2.90. The Kier molecular flexibility index (Phi) is 19.1. The Morgan fingerprint density at radius 1 is 0.565 bits per heavy atom. The van der Waals surface area contributed by atoms with E-state index in [2.05, 4.69) is 13.8 Å². The van der Waals surface area contributed by atoms with E-state index in [-0.39, 0.29) is 5.97 Å². The summed E-state index contributed by atoms with van der Waals surface area (Å²) in [5.74, 6) is 0.0122. The van der Waals surface area contributed by atoms with E-state index in [1.54, 1.807) is 0 Å². The summed E-state index contributed by atoms with van der Waals surface area (Å²) in [6.07, 6.45) is 21.1. The molecule has 0 N–H and O–H groups in total. The molecule has 0 aliphatic rings. The number of carbonyl (C=O) groups is 1. The molecule has 0 saturated carbocycles. The Morgan fingerprint density at radius 3 is 1.43 bits per heavy atom. The lowest BCUT2D eigenvalue weighted by Crippen LogP contribution is -2.05. The topological polar surface area (TPSA) is 26.3 Å². The highest BCUT2D eigenvalue weighted by molar-refractivity contribution is 5.69. The van der Waals surface area contributed by atoms with Crippen molar-refractivity contribution in [3.63, 3.8) is 0 Å². The molecule has 0 radical (unpaired) electrons. The van der Waals surface area contributed by atoms with Gasteiger partial charge in [-0.05, 0) is 12.8 Å². The van der Waals surface area contributed by atoms with E-state index in [0.717, 1.165) is 12.8 Å². The molecule has 0 fully saturated rings. The van der Waals surface area contributed by atoms with Gasteiger partial charge in [0, 0.05) is 6.42 Å². The zero-order valence-electron chi connectivity index (χ0n) is 16.0. The van der Waals surface area contributed by atoms with E-state index in [4.69, 9.17) is 4.74 Å². The first-order chi connectivity index (χ1) is 11.3. The van der Waals surface area contributed by atoms with E-state index < -0.39 is 0 Å². The van der Waals surface area contributed by atoms with E-state index in [9.17, 15) is 4.79 Å². The second-order valence-electron chi connectivity index (χ2n) is 6.92. The van der Waals surface area contributed by atoms with Crippen molar-refractivity contribution in [1.82, 2.24) is 0 Å². The molecule has 0 rings (SSSR count). The molecule has 0 aromatic carbocycles. The normalized spacial score (nSPS) is 10.9. The first kappa shape index (κ1) is 22.5. The van der Waals surface area contributed by atoms with Gasteiger partial charge < -0.3 is 4.74 Å². The summed E-state index contributed by atoms with van der Waals surface area (Å²) >= 11 is 0. The molecule has 0 aliphatic carbocycles. The van der Waals surface area contributed by atoms with Crippen LogP contribution in [0.5, 0.6) is 0 Å². The first-order valence-electron chi connectivity index (χ1n) is 10.5. The van der Waals surface area contributed by atoms with E-state index in [1.165, 1.54) is 89.9 Å². The maximum absolute atomic E-state index is 11.6. The molecule has 0 aromatic rings. The van der Waals surface area contributed by atoms with E-state index >= 15 is 0 Å². The Hall–Kier alpha value is -0.530. The summed E-state index contributed by atoms with van der Waals surface area (Å²) in [6, 6.07) is 0. The fraction of sp³-hybridized carbons (Fsp3) is 0.952. The van der Waals surface area contributed by atoms with Gasteiger partial charge in [0.25, 0.3) is 0 Å². The Bertz CT molecular complexity index is 238. The van der Waals surface area contributed by atoms with Crippen LogP contribution < -0.4 is 0 Å². The zero-order chi connectivity index (χ0) is 17.0. The molecule has 2 nitrogen and oxygen atoms in total. The molecule has 0 amide bonds. The van der Waals surface area contributed by atoms with Crippen molar-refractivity contribution in [3.8, 4) is 0 Å². The number of carbonyl (C=O) groups excluding carboxylic acids is 1. The van der Waals surface area contributed by atoms with Gasteiger partial charge in [-0.1, -0.05) is 104 Å². The summed E-state index contributed by atoms with van der Waals surface area (Å²) in [5.41, 5.74) is 0.